The number of carbonyl (C=O) groups is 1. The summed E-state index contributed by atoms with van der Waals surface area (Å²) in [6, 6.07) is 26.6. The van der Waals surface area contributed by atoms with E-state index in [1.54, 1.807) is 12.1 Å². The second kappa shape index (κ2) is 11.2. The molecule has 0 saturated heterocycles. The minimum absolute atomic E-state index is 0.00563. The number of carbonyl (C=O) groups excluding carboxylic acids is 1. The minimum atomic E-state index is -0.433. The highest BCUT2D eigenvalue weighted by atomic mass is 35.5. The van der Waals surface area contributed by atoms with E-state index in [0.717, 1.165) is 22.4 Å². The fourth-order valence-electron chi connectivity index (χ4n) is 3.24. The van der Waals surface area contributed by atoms with Crippen LogP contribution >= 0.6 is 11.6 Å². The topological polar surface area (TPSA) is 89.4 Å². The molecule has 0 spiro atoms. The van der Waals surface area contributed by atoms with E-state index >= 15 is 0 Å². The van der Waals surface area contributed by atoms with Crippen molar-refractivity contribution in [1.82, 2.24) is 20.6 Å². The number of halogens is 1. The largest absolute Gasteiger partial charge is 0.452 e. The summed E-state index contributed by atoms with van der Waals surface area (Å²) in [5.41, 5.74) is 7.11. The van der Waals surface area contributed by atoms with Crippen molar-refractivity contribution in [2.24, 2.45) is 5.10 Å². The number of rotatable bonds is 8. The van der Waals surface area contributed by atoms with Crippen molar-refractivity contribution in [2.75, 3.05) is 6.61 Å². The molecule has 0 aliphatic carbocycles. The van der Waals surface area contributed by atoms with Gasteiger partial charge in [-0.25, -0.2) is 5.43 Å². The predicted octanol–water partition coefficient (Wildman–Crippen LogP) is 5.17. The third-order valence-electron chi connectivity index (χ3n) is 4.92. The average molecular weight is 472 g/mol. The van der Waals surface area contributed by atoms with Crippen LogP contribution in [-0.2, 0) is 4.79 Å². The quantitative estimate of drug-likeness (QED) is 0.283. The Hall–Kier alpha value is -4.10. The Balaban J connectivity index is 1.48. The van der Waals surface area contributed by atoms with Crippen molar-refractivity contribution in [3.63, 3.8) is 0 Å². The first-order chi connectivity index (χ1) is 16.6. The molecule has 0 radical (unpaired) electrons. The number of hydrogen-bond donors (Lipinski definition) is 1. The molecule has 1 heterocycles. The number of aromatic nitrogens is 3. The Labute approximate surface area is 202 Å². The van der Waals surface area contributed by atoms with Gasteiger partial charge >= 0.3 is 6.01 Å². The molecular formula is C26H22ClN5O2. The number of hydrogen-bond acceptors (Lipinski definition) is 6. The number of amides is 1. The summed E-state index contributed by atoms with van der Waals surface area (Å²) in [6.07, 6.45) is 0.636. The molecule has 0 atom stereocenters. The number of hydrazone groups is 1. The van der Waals surface area contributed by atoms with Crippen molar-refractivity contribution in [3.05, 3.63) is 95.5 Å². The third kappa shape index (κ3) is 5.82. The Kier molecular flexibility index (Phi) is 7.57. The fourth-order valence-corrected chi connectivity index (χ4v) is 3.37. The van der Waals surface area contributed by atoms with Gasteiger partial charge in [-0.05, 0) is 24.1 Å². The molecule has 34 heavy (non-hydrogen) atoms. The van der Waals surface area contributed by atoms with Crippen LogP contribution in [0.4, 0.5) is 0 Å². The lowest BCUT2D eigenvalue weighted by atomic mass is 10.0. The number of ether oxygens (including phenoxy) is 1. The van der Waals surface area contributed by atoms with Gasteiger partial charge in [0.2, 0.25) is 0 Å². The second-order valence-corrected chi connectivity index (χ2v) is 7.70. The predicted molar refractivity (Wildman–Crippen MR) is 133 cm³/mol. The zero-order valence-corrected chi connectivity index (χ0v) is 19.2. The van der Waals surface area contributed by atoms with Crippen molar-refractivity contribution in [2.45, 2.75) is 13.3 Å². The zero-order valence-electron chi connectivity index (χ0n) is 18.5. The summed E-state index contributed by atoms with van der Waals surface area (Å²) in [4.78, 5) is 16.9. The van der Waals surface area contributed by atoms with Gasteiger partial charge in [0.25, 0.3) is 5.91 Å². The summed E-state index contributed by atoms with van der Waals surface area (Å²) in [5.74, 6) is -0.433. The van der Waals surface area contributed by atoms with Gasteiger partial charge in [0.05, 0.1) is 5.71 Å². The molecule has 0 saturated carbocycles. The smallest absolute Gasteiger partial charge is 0.336 e. The lowest BCUT2D eigenvalue weighted by Crippen LogP contribution is -2.26. The molecule has 0 fully saturated rings. The Morgan fingerprint density at radius 1 is 0.882 bits per heavy atom. The maximum Gasteiger partial charge on any atom is 0.336 e. The van der Waals surface area contributed by atoms with E-state index in [2.05, 4.69) is 25.7 Å². The molecule has 7 nitrogen and oxygen atoms in total. The summed E-state index contributed by atoms with van der Waals surface area (Å²) < 4.78 is 5.52. The van der Waals surface area contributed by atoms with E-state index in [1.165, 1.54) is 0 Å². The standard InChI is InChI=1S/C26H22ClN5O2/c1-2-22(18-13-15-21(27)16-14-18)29-30-23(33)17-34-26-28-24(19-9-5-3-6-10-19)25(31-32-26)20-11-7-4-8-12-20/h3-16H,2,17H2,1H3,(H,30,33)/b29-22+. The summed E-state index contributed by atoms with van der Waals surface area (Å²) in [5, 5.41) is 13.2. The molecule has 4 aromatic rings. The molecule has 0 unspecified atom stereocenters. The molecule has 1 N–H and O–H groups in total. The van der Waals surface area contributed by atoms with Crippen LogP contribution < -0.4 is 10.2 Å². The molecule has 3 aromatic carbocycles. The van der Waals surface area contributed by atoms with Gasteiger partial charge < -0.3 is 4.74 Å². The summed E-state index contributed by atoms with van der Waals surface area (Å²) in [7, 11) is 0. The average Bonchev–Trinajstić information content (AvgIpc) is 2.89. The van der Waals surface area contributed by atoms with Crippen molar-refractivity contribution in [3.8, 4) is 28.5 Å². The van der Waals surface area contributed by atoms with Gasteiger partial charge in [-0.15, -0.1) is 5.10 Å². The Bertz CT molecular complexity index is 1280. The van der Waals surface area contributed by atoms with Crippen LogP contribution in [-0.4, -0.2) is 33.4 Å². The van der Waals surface area contributed by atoms with Crippen LogP contribution in [0.3, 0.4) is 0 Å². The Morgan fingerprint density at radius 3 is 2.12 bits per heavy atom. The first kappa shape index (κ1) is 23.1. The van der Waals surface area contributed by atoms with E-state index in [-0.39, 0.29) is 12.6 Å². The maximum absolute atomic E-state index is 12.3. The van der Waals surface area contributed by atoms with Crippen LogP contribution in [0.15, 0.2) is 90.0 Å². The van der Waals surface area contributed by atoms with Crippen molar-refractivity contribution < 1.29 is 9.53 Å². The highest BCUT2D eigenvalue weighted by Gasteiger charge is 2.15. The van der Waals surface area contributed by atoms with E-state index in [4.69, 9.17) is 16.3 Å². The van der Waals surface area contributed by atoms with Gasteiger partial charge in [0.15, 0.2) is 6.61 Å². The van der Waals surface area contributed by atoms with Crippen LogP contribution in [0.25, 0.3) is 22.5 Å². The lowest BCUT2D eigenvalue weighted by Gasteiger charge is -2.10. The third-order valence-corrected chi connectivity index (χ3v) is 5.17. The molecule has 8 heteroatoms. The monoisotopic (exact) mass is 471 g/mol. The highest BCUT2D eigenvalue weighted by Crippen LogP contribution is 2.29. The highest BCUT2D eigenvalue weighted by molar-refractivity contribution is 6.30. The second-order valence-electron chi connectivity index (χ2n) is 7.27. The van der Waals surface area contributed by atoms with E-state index in [1.807, 2.05) is 79.7 Å². The van der Waals surface area contributed by atoms with Crippen molar-refractivity contribution >= 4 is 23.2 Å². The van der Waals surface area contributed by atoms with E-state index in [0.29, 0.717) is 22.8 Å². The number of nitrogens with one attached hydrogen (secondary N) is 1. The first-order valence-corrected chi connectivity index (χ1v) is 11.1. The van der Waals surface area contributed by atoms with Gasteiger partial charge in [0, 0.05) is 16.1 Å². The van der Waals surface area contributed by atoms with Crippen LogP contribution in [0.1, 0.15) is 18.9 Å². The lowest BCUT2D eigenvalue weighted by molar-refractivity contribution is -0.123. The minimum Gasteiger partial charge on any atom is -0.452 e. The van der Waals surface area contributed by atoms with Crippen LogP contribution in [0.2, 0.25) is 5.02 Å². The van der Waals surface area contributed by atoms with Crippen LogP contribution in [0.5, 0.6) is 6.01 Å². The SMILES string of the molecule is CC/C(=N\NC(=O)COc1nnc(-c2ccccc2)c(-c2ccccc2)n1)c1ccc(Cl)cc1. The molecule has 0 aliphatic rings. The van der Waals surface area contributed by atoms with Crippen molar-refractivity contribution in [1.29, 1.82) is 0 Å². The van der Waals surface area contributed by atoms with Gasteiger partial charge in [-0.2, -0.15) is 10.1 Å². The number of benzene rings is 3. The molecule has 170 valence electrons. The Morgan fingerprint density at radius 2 is 1.50 bits per heavy atom. The summed E-state index contributed by atoms with van der Waals surface area (Å²) >= 11 is 5.94. The molecule has 1 amide bonds. The van der Waals surface area contributed by atoms with E-state index in [9.17, 15) is 4.79 Å². The van der Waals surface area contributed by atoms with Gasteiger partial charge in [0.1, 0.15) is 11.4 Å². The summed E-state index contributed by atoms with van der Waals surface area (Å²) in [6.45, 7) is 1.65. The molecule has 4 rings (SSSR count). The van der Waals surface area contributed by atoms with Gasteiger partial charge in [-0.1, -0.05) is 96.4 Å². The first-order valence-electron chi connectivity index (χ1n) is 10.7. The maximum atomic E-state index is 12.3. The van der Waals surface area contributed by atoms with Crippen LogP contribution in [0, 0.1) is 0 Å². The fraction of sp³-hybridized carbons (Fsp3) is 0.115. The normalized spacial score (nSPS) is 11.2. The zero-order chi connectivity index (χ0) is 23.8. The molecule has 1 aromatic heterocycles. The molecule has 0 bridgehead atoms. The number of nitrogens with zero attached hydrogens (tertiary/aromatic N) is 4. The molecule has 0 aliphatic heterocycles. The van der Waals surface area contributed by atoms with E-state index < -0.39 is 5.91 Å². The van der Waals surface area contributed by atoms with Gasteiger partial charge in [-0.3, -0.25) is 4.79 Å². The molecular weight excluding hydrogens is 450 g/mol.